The molecule has 0 aliphatic carbocycles. The highest BCUT2D eigenvalue weighted by Gasteiger charge is 2.16. The Kier molecular flexibility index (Phi) is 6.99. The first-order valence-electron chi connectivity index (χ1n) is 8.39. The number of rotatable bonds is 8. The second-order valence-electron chi connectivity index (χ2n) is 5.28. The van der Waals surface area contributed by atoms with E-state index >= 15 is 0 Å². The number of hydrogen-bond donors (Lipinski definition) is 3. The van der Waals surface area contributed by atoms with E-state index < -0.39 is 0 Å². The lowest BCUT2D eigenvalue weighted by Crippen LogP contribution is -2.22. The first kappa shape index (κ1) is 19.3. The third kappa shape index (κ3) is 4.97. The Morgan fingerprint density at radius 1 is 0.923 bits per heavy atom. The second kappa shape index (κ2) is 9.43. The SMILES string of the molecule is CCOc1cc(NC(=O)c2ccccc2)c(OCC)cc1NC(=O)CN. The van der Waals surface area contributed by atoms with Crippen LogP contribution in [-0.2, 0) is 4.79 Å². The van der Waals surface area contributed by atoms with Gasteiger partial charge in [-0.25, -0.2) is 0 Å². The first-order valence-corrected chi connectivity index (χ1v) is 8.39. The molecule has 0 heterocycles. The maximum Gasteiger partial charge on any atom is 0.255 e. The molecule has 26 heavy (non-hydrogen) atoms. The van der Waals surface area contributed by atoms with Crippen LogP contribution in [0.3, 0.4) is 0 Å². The minimum atomic E-state index is -0.352. The Balaban J connectivity index is 2.38. The molecule has 0 saturated carbocycles. The molecule has 2 rings (SSSR count). The normalized spacial score (nSPS) is 10.1. The molecule has 0 radical (unpaired) electrons. The van der Waals surface area contributed by atoms with Gasteiger partial charge in [-0.1, -0.05) is 18.2 Å². The lowest BCUT2D eigenvalue weighted by Gasteiger charge is -2.17. The summed E-state index contributed by atoms with van der Waals surface area (Å²) in [5.74, 6) is 0.218. The number of ether oxygens (including phenoxy) is 2. The van der Waals surface area contributed by atoms with Crippen molar-refractivity contribution in [3.05, 3.63) is 48.0 Å². The number of carbonyl (C=O) groups is 2. The number of nitrogens with one attached hydrogen (secondary N) is 2. The van der Waals surface area contributed by atoms with Crippen LogP contribution in [-0.4, -0.2) is 31.6 Å². The summed E-state index contributed by atoms with van der Waals surface area (Å²) in [6.07, 6.45) is 0. The number of benzene rings is 2. The fourth-order valence-corrected chi connectivity index (χ4v) is 2.29. The van der Waals surface area contributed by atoms with Gasteiger partial charge in [0.25, 0.3) is 5.91 Å². The number of nitrogens with two attached hydrogens (primary N) is 1. The van der Waals surface area contributed by atoms with Gasteiger partial charge in [0.05, 0.1) is 31.1 Å². The van der Waals surface area contributed by atoms with Crippen molar-refractivity contribution in [3.63, 3.8) is 0 Å². The van der Waals surface area contributed by atoms with Crippen molar-refractivity contribution in [1.29, 1.82) is 0 Å². The molecule has 138 valence electrons. The van der Waals surface area contributed by atoms with Gasteiger partial charge in [0, 0.05) is 17.7 Å². The van der Waals surface area contributed by atoms with Crippen molar-refractivity contribution < 1.29 is 19.1 Å². The zero-order chi connectivity index (χ0) is 18.9. The summed E-state index contributed by atoms with van der Waals surface area (Å²) < 4.78 is 11.2. The monoisotopic (exact) mass is 357 g/mol. The van der Waals surface area contributed by atoms with E-state index in [1.165, 1.54) is 0 Å². The Bertz CT molecular complexity index is 763. The summed E-state index contributed by atoms with van der Waals surface area (Å²) in [5.41, 5.74) is 6.77. The minimum Gasteiger partial charge on any atom is -0.492 e. The van der Waals surface area contributed by atoms with Crippen LogP contribution in [0.5, 0.6) is 11.5 Å². The third-order valence-corrected chi connectivity index (χ3v) is 3.43. The maximum atomic E-state index is 12.5. The van der Waals surface area contributed by atoms with Crippen LogP contribution in [0.4, 0.5) is 11.4 Å². The Labute approximate surface area is 152 Å². The van der Waals surface area contributed by atoms with E-state index in [9.17, 15) is 9.59 Å². The van der Waals surface area contributed by atoms with Crippen LogP contribution < -0.4 is 25.8 Å². The molecule has 0 aliphatic rings. The lowest BCUT2D eigenvalue weighted by molar-refractivity contribution is -0.114. The molecule has 0 aliphatic heterocycles. The van der Waals surface area contributed by atoms with E-state index in [1.54, 1.807) is 36.4 Å². The summed E-state index contributed by atoms with van der Waals surface area (Å²) in [6.45, 7) is 4.30. The first-order chi connectivity index (χ1) is 12.6. The fraction of sp³-hybridized carbons (Fsp3) is 0.263. The molecule has 7 heteroatoms. The standard InChI is InChI=1S/C19H23N3O4/c1-3-25-16-11-15(22-19(24)13-8-6-5-7-9-13)17(26-4-2)10-14(16)21-18(23)12-20/h5-11H,3-4,12,20H2,1-2H3,(H,21,23)(H,22,24). The molecule has 0 saturated heterocycles. The van der Waals surface area contributed by atoms with Gasteiger partial charge in [-0.05, 0) is 26.0 Å². The van der Waals surface area contributed by atoms with Crippen molar-refractivity contribution in [1.82, 2.24) is 0 Å². The quantitative estimate of drug-likeness (QED) is 0.674. The highest BCUT2D eigenvalue weighted by atomic mass is 16.5. The molecule has 2 aromatic rings. The summed E-state index contributed by atoms with van der Waals surface area (Å²) in [7, 11) is 0. The van der Waals surface area contributed by atoms with Crippen molar-refractivity contribution in [2.75, 3.05) is 30.4 Å². The van der Waals surface area contributed by atoms with Gasteiger partial charge >= 0.3 is 0 Å². The van der Waals surface area contributed by atoms with E-state index in [1.807, 2.05) is 19.9 Å². The molecular weight excluding hydrogens is 334 g/mol. The highest BCUT2D eigenvalue weighted by molar-refractivity contribution is 6.05. The molecule has 4 N–H and O–H groups in total. The van der Waals surface area contributed by atoms with Crippen LogP contribution >= 0.6 is 0 Å². The van der Waals surface area contributed by atoms with Crippen LogP contribution in [0.25, 0.3) is 0 Å². The topological polar surface area (TPSA) is 103 Å². The Morgan fingerprint density at radius 3 is 1.96 bits per heavy atom. The zero-order valence-corrected chi connectivity index (χ0v) is 14.9. The van der Waals surface area contributed by atoms with Crippen molar-refractivity contribution in [3.8, 4) is 11.5 Å². The zero-order valence-electron chi connectivity index (χ0n) is 14.9. The molecule has 0 aromatic heterocycles. The number of carbonyl (C=O) groups excluding carboxylic acids is 2. The van der Waals surface area contributed by atoms with Crippen LogP contribution in [0, 0.1) is 0 Å². The number of amides is 2. The molecule has 0 fully saturated rings. The molecule has 2 aromatic carbocycles. The summed E-state index contributed by atoms with van der Waals surface area (Å²) in [4.78, 5) is 24.1. The Morgan fingerprint density at radius 2 is 1.46 bits per heavy atom. The molecular formula is C19H23N3O4. The van der Waals surface area contributed by atoms with Crippen LogP contribution in [0.1, 0.15) is 24.2 Å². The van der Waals surface area contributed by atoms with Gasteiger partial charge in [-0.2, -0.15) is 0 Å². The van der Waals surface area contributed by atoms with Crippen LogP contribution in [0.15, 0.2) is 42.5 Å². The number of anilines is 2. The molecule has 0 unspecified atom stereocenters. The molecule has 2 amide bonds. The molecule has 7 nitrogen and oxygen atoms in total. The van der Waals surface area contributed by atoms with Gasteiger partial charge in [0.15, 0.2) is 0 Å². The Hall–Kier alpha value is -3.06. The fourth-order valence-electron chi connectivity index (χ4n) is 2.29. The summed E-state index contributed by atoms with van der Waals surface area (Å²) >= 11 is 0. The van der Waals surface area contributed by atoms with Gasteiger partial charge in [-0.15, -0.1) is 0 Å². The largest absolute Gasteiger partial charge is 0.492 e. The molecule has 0 atom stereocenters. The smallest absolute Gasteiger partial charge is 0.255 e. The van der Waals surface area contributed by atoms with Crippen molar-refractivity contribution in [2.24, 2.45) is 5.73 Å². The van der Waals surface area contributed by atoms with Crippen LogP contribution in [0.2, 0.25) is 0 Å². The van der Waals surface area contributed by atoms with E-state index in [-0.39, 0.29) is 18.4 Å². The van der Waals surface area contributed by atoms with Gasteiger partial charge in [-0.3, -0.25) is 9.59 Å². The second-order valence-corrected chi connectivity index (χ2v) is 5.28. The van der Waals surface area contributed by atoms with E-state index in [0.717, 1.165) is 0 Å². The van der Waals surface area contributed by atoms with E-state index in [2.05, 4.69) is 10.6 Å². The molecule has 0 spiro atoms. The van der Waals surface area contributed by atoms with Gasteiger partial charge in [0.1, 0.15) is 11.5 Å². The average Bonchev–Trinajstić information content (AvgIpc) is 2.65. The van der Waals surface area contributed by atoms with Crippen molar-refractivity contribution >= 4 is 23.2 Å². The van der Waals surface area contributed by atoms with Gasteiger partial charge < -0.3 is 25.8 Å². The highest BCUT2D eigenvalue weighted by Crippen LogP contribution is 2.37. The van der Waals surface area contributed by atoms with E-state index in [0.29, 0.717) is 41.7 Å². The van der Waals surface area contributed by atoms with Crippen molar-refractivity contribution in [2.45, 2.75) is 13.8 Å². The van der Waals surface area contributed by atoms with E-state index in [4.69, 9.17) is 15.2 Å². The predicted molar refractivity (Wildman–Crippen MR) is 101 cm³/mol. The maximum absolute atomic E-state index is 12.5. The molecule has 0 bridgehead atoms. The third-order valence-electron chi connectivity index (χ3n) is 3.43. The summed E-state index contributed by atoms with van der Waals surface area (Å²) in [5, 5.41) is 5.50. The lowest BCUT2D eigenvalue weighted by atomic mass is 10.2. The predicted octanol–water partition coefficient (Wildman–Crippen LogP) is 2.63. The summed E-state index contributed by atoms with van der Waals surface area (Å²) in [6, 6.07) is 12.1. The number of hydrogen-bond acceptors (Lipinski definition) is 5. The minimum absolute atomic E-state index is 0.151. The van der Waals surface area contributed by atoms with Gasteiger partial charge in [0.2, 0.25) is 5.91 Å². The average molecular weight is 357 g/mol.